The van der Waals surface area contributed by atoms with Crippen molar-refractivity contribution in [1.82, 2.24) is 14.8 Å². The molecule has 0 radical (unpaired) electrons. The summed E-state index contributed by atoms with van der Waals surface area (Å²) in [5.41, 5.74) is 0.465. The van der Waals surface area contributed by atoms with Crippen molar-refractivity contribution in [2.45, 2.75) is 16.8 Å². The Morgan fingerprint density at radius 1 is 1.44 bits per heavy atom. The maximum atomic E-state index is 11.4. The molecule has 0 saturated heterocycles. The second-order valence-corrected chi connectivity index (χ2v) is 4.65. The van der Waals surface area contributed by atoms with Gasteiger partial charge in [0.1, 0.15) is 5.03 Å². The van der Waals surface area contributed by atoms with E-state index in [1.54, 1.807) is 29.9 Å². The quantitative estimate of drug-likeness (QED) is 0.791. The van der Waals surface area contributed by atoms with Crippen LogP contribution in [0.2, 0.25) is 0 Å². The molecule has 0 amide bonds. The molecule has 0 spiro atoms. The largest absolute Gasteiger partial charge is 0.462 e. The third kappa shape index (κ3) is 3.10. The van der Waals surface area contributed by atoms with Gasteiger partial charge in [-0.2, -0.15) is 5.10 Å². The summed E-state index contributed by atoms with van der Waals surface area (Å²) < 4.78 is 6.62. The van der Waals surface area contributed by atoms with Crippen LogP contribution in [0, 0.1) is 0 Å². The number of hydrogen-bond donors (Lipinski definition) is 0. The Hall–Kier alpha value is -1.82. The smallest absolute Gasteiger partial charge is 0.339 e. The maximum absolute atomic E-state index is 11.4. The normalized spacial score (nSPS) is 10.3. The van der Waals surface area contributed by atoms with Gasteiger partial charge >= 0.3 is 5.97 Å². The molecule has 0 unspecified atom stereocenters. The van der Waals surface area contributed by atoms with Crippen molar-refractivity contribution in [2.24, 2.45) is 7.05 Å². The van der Waals surface area contributed by atoms with E-state index >= 15 is 0 Å². The third-order valence-electron chi connectivity index (χ3n) is 2.15. The monoisotopic (exact) mass is 263 g/mol. The summed E-state index contributed by atoms with van der Waals surface area (Å²) in [5.74, 6) is -0.345. The first kappa shape index (κ1) is 12.6. The zero-order valence-corrected chi connectivity index (χ0v) is 11.0. The highest BCUT2D eigenvalue weighted by atomic mass is 32.2. The zero-order valence-electron chi connectivity index (χ0n) is 10.2. The topological polar surface area (TPSA) is 57.0 Å². The van der Waals surface area contributed by atoms with Gasteiger partial charge in [-0.1, -0.05) is 11.8 Å². The minimum absolute atomic E-state index is 0.345. The average Bonchev–Trinajstić information content (AvgIpc) is 2.76. The summed E-state index contributed by atoms with van der Waals surface area (Å²) in [5, 5.41) is 4.89. The fourth-order valence-electron chi connectivity index (χ4n) is 1.35. The molecule has 6 heteroatoms. The van der Waals surface area contributed by atoms with Crippen LogP contribution < -0.4 is 0 Å². The zero-order chi connectivity index (χ0) is 13.0. The number of rotatable bonds is 4. The SMILES string of the molecule is CCOC(=O)c1ccc(Sc2cnn(C)c2)nc1. The van der Waals surface area contributed by atoms with Crippen molar-refractivity contribution in [1.29, 1.82) is 0 Å². The molecule has 2 aromatic rings. The molecule has 0 aliphatic carbocycles. The van der Waals surface area contributed by atoms with E-state index < -0.39 is 0 Å². The van der Waals surface area contributed by atoms with Crippen molar-refractivity contribution in [3.05, 3.63) is 36.3 Å². The second kappa shape index (κ2) is 5.68. The van der Waals surface area contributed by atoms with E-state index in [1.165, 1.54) is 18.0 Å². The average molecular weight is 263 g/mol. The summed E-state index contributed by atoms with van der Waals surface area (Å²) in [4.78, 5) is 16.7. The molecule has 0 N–H and O–H groups in total. The van der Waals surface area contributed by atoms with Crippen LogP contribution in [0.1, 0.15) is 17.3 Å². The van der Waals surface area contributed by atoms with E-state index in [4.69, 9.17) is 4.74 Å². The van der Waals surface area contributed by atoms with Crippen molar-refractivity contribution < 1.29 is 9.53 Å². The van der Waals surface area contributed by atoms with Gasteiger partial charge in [0.2, 0.25) is 0 Å². The molecule has 0 aromatic carbocycles. The molecule has 0 fully saturated rings. The number of aromatic nitrogens is 3. The summed E-state index contributed by atoms with van der Waals surface area (Å²) in [6.45, 7) is 2.14. The van der Waals surface area contributed by atoms with Crippen molar-refractivity contribution in [3.8, 4) is 0 Å². The van der Waals surface area contributed by atoms with Crippen LogP contribution in [-0.4, -0.2) is 27.3 Å². The van der Waals surface area contributed by atoms with Gasteiger partial charge in [0.25, 0.3) is 0 Å². The number of esters is 1. The summed E-state index contributed by atoms with van der Waals surface area (Å²) >= 11 is 1.50. The molecule has 0 aliphatic rings. The second-order valence-electron chi connectivity index (χ2n) is 3.56. The van der Waals surface area contributed by atoms with Gasteiger partial charge in [-0.25, -0.2) is 9.78 Å². The molecule has 94 valence electrons. The number of pyridine rings is 1. The van der Waals surface area contributed by atoms with Crippen LogP contribution in [0.5, 0.6) is 0 Å². The van der Waals surface area contributed by atoms with Crippen LogP contribution in [0.3, 0.4) is 0 Å². The maximum Gasteiger partial charge on any atom is 0.339 e. The Morgan fingerprint density at radius 3 is 2.83 bits per heavy atom. The number of aryl methyl sites for hydroxylation is 1. The molecule has 2 aromatic heterocycles. The summed E-state index contributed by atoms with van der Waals surface area (Å²) in [6.07, 6.45) is 5.20. The van der Waals surface area contributed by atoms with Gasteiger partial charge in [-0.15, -0.1) is 0 Å². The van der Waals surface area contributed by atoms with Crippen molar-refractivity contribution in [3.63, 3.8) is 0 Å². The highest BCUT2D eigenvalue weighted by Gasteiger charge is 2.07. The molecule has 0 bridgehead atoms. The molecule has 0 aliphatic heterocycles. The minimum atomic E-state index is -0.345. The number of hydrogen-bond acceptors (Lipinski definition) is 5. The van der Waals surface area contributed by atoms with Crippen LogP contribution >= 0.6 is 11.8 Å². The first-order chi connectivity index (χ1) is 8.69. The minimum Gasteiger partial charge on any atom is -0.462 e. The van der Waals surface area contributed by atoms with E-state index in [0.29, 0.717) is 12.2 Å². The summed E-state index contributed by atoms with van der Waals surface area (Å²) in [6, 6.07) is 3.51. The molecule has 2 rings (SSSR count). The van der Waals surface area contributed by atoms with E-state index in [1.807, 2.05) is 13.2 Å². The lowest BCUT2D eigenvalue weighted by atomic mass is 10.3. The number of ether oxygens (including phenoxy) is 1. The first-order valence-electron chi connectivity index (χ1n) is 5.48. The van der Waals surface area contributed by atoms with E-state index in [9.17, 15) is 4.79 Å². The highest BCUT2D eigenvalue weighted by Crippen LogP contribution is 2.25. The van der Waals surface area contributed by atoms with E-state index in [-0.39, 0.29) is 5.97 Å². The molecule has 2 heterocycles. The van der Waals surface area contributed by atoms with Crippen LogP contribution in [-0.2, 0) is 11.8 Å². The van der Waals surface area contributed by atoms with Gasteiger partial charge in [0, 0.05) is 19.4 Å². The molecule has 0 saturated carbocycles. The van der Waals surface area contributed by atoms with Crippen molar-refractivity contribution in [2.75, 3.05) is 6.61 Å². The van der Waals surface area contributed by atoms with Gasteiger partial charge in [0.15, 0.2) is 0 Å². The lowest BCUT2D eigenvalue weighted by molar-refractivity contribution is 0.0525. The van der Waals surface area contributed by atoms with Gasteiger partial charge in [-0.05, 0) is 19.1 Å². The predicted molar refractivity (Wildman–Crippen MR) is 67.5 cm³/mol. The van der Waals surface area contributed by atoms with Gasteiger partial charge < -0.3 is 4.74 Å². The van der Waals surface area contributed by atoms with Crippen LogP contribution in [0.25, 0.3) is 0 Å². The number of carbonyl (C=O) groups is 1. The predicted octanol–water partition coefficient (Wildman–Crippen LogP) is 2.14. The van der Waals surface area contributed by atoms with Crippen LogP contribution in [0.15, 0.2) is 40.6 Å². The standard InChI is InChI=1S/C12H13N3O2S/c1-3-17-12(16)9-4-5-11(13-6-9)18-10-7-14-15(2)8-10/h4-8H,3H2,1-2H3. The fourth-order valence-corrected chi connectivity index (χ4v) is 2.14. The van der Waals surface area contributed by atoms with Crippen molar-refractivity contribution >= 4 is 17.7 Å². The summed E-state index contributed by atoms with van der Waals surface area (Å²) in [7, 11) is 1.86. The molecule has 5 nitrogen and oxygen atoms in total. The molecular formula is C12H13N3O2S. The number of nitrogens with zero attached hydrogens (tertiary/aromatic N) is 3. The van der Waals surface area contributed by atoms with E-state index in [0.717, 1.165) is 9.92 Å². The lowest BCUT2D eigenvalue weighted by Crippen LogP contribution is -2.04. The van der Waals surface area contributed by atoms with Gasteiger partial charge in [0.05, 0.1) is 23.3 Å². The Morgan fingerprint density at radius 2 is 2.28 bits per heavy atom. The fraction of sp³-hybridized carbons (Fsp3) is 0.250. The van der Waals surface area contributed by atoms with Gasteiger partial charge in [-0.3, -0.25) is 4.68 Å². The lowest BCUT2D eigenvalue weighted by Gasteiger charge is -2.02. The number of carbonyl (C=O) groups excluding carboxylic acids is 1. The highest BCUT2D eigenvalue weighted by molar-refractivity contribution is 7.99. The Bertz CT molecular complexity index is 537. The molecule has 0 atom stereocenters. The molecular weight excluding hydrogens is 250 g/mol. The Kier molecular flexibility index (Phi) is 3.99. The van der Waals surface area contributed by atoms with E-state index in [2.05, 4.69) is 10.1 Å². The Labute approximate surface area is 109 Å². The first-order valence-corrected chi connectivity index (χ1v) is 6.30. The molecule has 18 heavy (non-hydrogen) atoms. The van der Waals surface area contributed by atoms with Crippen LogP contribution in [0.4, 0.5) is 0 Å². The Balaban J connectivity index is 2.05. The third-order valence-corrected chi connectivity index (χ3v) is 3.05.